The first-order valence-electron chi connectivity index (χ1n) is 5.99. The monoisotopic (exact) mass is 276 g/mol. The highest BCUT2D eigenvalue weighted by atomic mass is 32.2. The van der Waals surface area contributed by atoms with Crippen molar-refractivity contribution in [1.29, 1.82) is 0 Å². The standard InChI is InChI=1S/C15H16O3S/c1-18-14-7-5-12(6-8-14)9-10-19(17)15-4-2-3-13(16)11-15/h2-8,11,16H,9-10H2,1H3. The molecular weight excluding hydrogens is 260 g/mol. The van der Waals surface area contributed by atoms with Crippen molar-refractivity contribution in [3.63, 3.8) is 0 Å². The van der Waals surface area contributed by atoms with E-state index in [1.54, 1.807) is 31.4 Å². The first-order chi connectivity index (χ1) is 9.19. The second-order valence-electron chi connectivity index (χ2n) is 4.15. The van der Waals surface area contributed by atoms with Crippen LogP contribution in [0.5, 0.6) is 11.5 Å². The number of ether oxygens (including phenoxy) is 1. The summed E-state index contributed by atoms with van der Waals surface area (Å²) < 4.78 is 17.2. The molecule has 1 N–H and O–H groups in total. The predicted molar refractivity (Wildman–Crippen MR) is 76.1 cm³/mol. The van der Waals surface area contributed by atoms with Crippen LogP contribution in [0.4, 0.5) is 0 Å². The van der Waals surface area contributed by atoms with E-state index in [9.17, 15) is 9.32 Å². The van der Waals surface area contributed by atoms with E-state index in [1.807, 2.05) is 24.3 Å². The van der Waals surface area contributed by atoms with Gasteiger partial charge in [0.2, 0.25) is 0 Å². The topological polar surface area (TPSA) is 46.5 Å². The normalized spacial score (nSPS) is 12.1. The third kappa shape index (κ3) is 3.83. The van der Waals surface area contributed by atoms with Gasteiger partial charge in [-0.05, 0) is 42.3 Å². The van der Waals surface area contributed by atoms with E-state index in [0.29, 0.717) is 10.6 Å². The van der Waals surface area contributed by atoms with Gasteiger partial charge in [0.1, 0.15) is 11.5 Å². The molecule has 4 heteroatoms. The number of hydrogen-bond acceptors (Lipinski definition) is 3. The van der Waals surface area contributed by atoms with E-state index in [4.69, 9.17) is 4.74 Å². The molecule has 19 heavy (non-hydrogen) atoms. The molecule has 1 unspecified atom stereocenters. The Morgan fingerprint density at radius 1 is 1.16 bits per heavy atom. The summed E-state index contributed by atoms with van der Waals surface area (Å²) in [5, 5.41) is 9.36. The van der Waals surface area contributed by atoms with Crippen molar-refractivity contribution < 1.29 is 14.1 Å². The van der Waals surface area contributed by atoms with Crippen LogP contribution in [0, 0.1) is 0 Å². The average molecular weight is 276 g/mol. The summed E-state index contributed by atoms with van der Waals surface area (Å²) in [6, 6.07) is 14.3. The molecule has 0 bridgehead atoms. The molecule has 0 radical (unpaired) electrons. The van der Waals surface area contributed by atoms with Gasteiger partial charge in [0.25, 0.3) is 0 Å². The lowest BCUT2D eigenvalue weighted by molar-refractivity contribution is 0.414. The van der Waals surface area contributed by atoms with E-state index in [-0.39, 0.29) is 5.75 Å². The van der Waals surface area contributed by atoms with E-state index < -0.39 is 10.8 Å². The number of methoxy groups -OCH3 is 1. The average Bonchev–Trinajstić information content (AvgIpc) is 2.45. The van der Waals surface area contributed by atoms with Crippen molar-refractivity contribution >= 4 is 10.8 Å². The van der Waals surface area contributed by atoms with Crippen LogP contribution in [0.2, 0.25) is 0 Å². The van der Waals surface area contributed by atoms with Crippen LogP contribution < -0.4 is 4.74 Å². The molecule has 2 aromatic carbocycles. The van der Waals surface area contributed by atoms with Crippen molar-refractivity contribution in [2.24, 2.45) is 0 Å². The zero-order chi connectivity index (χ0) is 13.7. The minimum atomic E-state index is -1.09. The zero-order valence-corrected chi connectivity index (χ0v) is 11.5. The summed E-state index contributed by atoms with van der Waals surface area (Å²) in [7, 11) is 0.538. The number of benzene rings is 2. The molecule has 1 atom stereocenters. The number of aromatic hydroxyl groups is 1. The second-order valence-corrected chi connectivity index (χ2v) is 5.72. The lowest BCUT2D eigenvalue weighted by atomic mass is 10.2. The summed E-state index contributed by atoms with van der Waals surface area (Å²) in [6.07, 6.45) is 0.728. The lowest BCUT2D eigenvalue weighted by Gasteiger charge is -2.04. The minimum Gasteiger partial charge on any atom is -0.508 e. The fourth-order valence-corrected chi connectivity index (χ4v) is 2.89. The molecule has 0 spiro atoms. The Labute approximate surface area is 115 Å². The maximum absolute atomic E-state index is 12.1. The van der Waals surface area contributed by atoms with E-state index in [0.717, 1.165) is 17.7 Å². The Hall–Kier alpha value is -1.81. The highest BCUT2D eigenvalue weighted by Crippen LogP contribution is 2.16. The van der Waals surface area contributed by atoms with Gasteiger partial charge in [-0.1, -0.05) is 18.2 Å². The molecule has 3 nitrogen and oxygen atoms in total. The first kappa shape index (κ1) is 13.6. The van der Waals surface area contributed by atoms with Gasteiger partial charge in [-0.2, -0.15) is 0 Å². The van der Waals surface area contributed by atoms with Crippen molar-refractivity contribution in [2.75, 3.05) is 12.9 Å². The Morgan fingerprint density at radius 2 is 1.89 bits per heavy atom. The molecule has 0 aliphatic heterocycles. The van der Waals surface area contributed by atoms with Crippen molar-refractivity contribution in [2.45, 2.75) is 11.3 Å². The van der Waals surface area contributed by atoms with E-state index in [1.165, 1.54) is 0 Å². The maximum Gasteiger partial charge on any atom is 0.118 e. The molecule has 0 fully saturated rings. The SMILES string of the molecule is COc1ccc(CCS(=O)c2cccc(O)c2)cc1. The zero-order valence-electron chi connectivity index (χ0n) is 10.7. The molecule has 100 valence electrons. The van der Waals surface area contributed by atoms with Gasteiger partial charge >= 0.3 is 0 Å². The Balaban J connectivity index is 1.96. The third-order valence-corrected chi connectivity index (χ3v) is 4.17. The van der Waals surface area contributed by atoms with Crippen LogP contribution in [0.1, 0.15) is 5.56 Å². The molecule has 2 aromatic rings. The molecule has 2 rings (SSSR count). The fraction of sp³-hybridized carbons (Fsp3) is 0.200. The quantitative estimate of drug-likeness (QED) is 0.913. The van der Waals surface area contributed by atoms with Crippen LogP contribution >= 0.6 is 0 Å². The van der Waals surface area contributed by atoms with Crippen LogP contribution in [0.3, 0.4) is 0 Å². The fourth-order valence-electron chi connectivity index (χ4n) is 1.75. The van der Waals surface area contributed by atoms with Gasteiger partial charge in [-0.15, -0.1) is 0 Å². The maximum atomic E-state index is 12.1. The van der Waals surface area contributed by atoms with Gasteiger partial charge < -0.3 is 9.84 Å². The Kier molecular flexibility index (Phi) is 4.58. The second kappa shape index (κ2) is 6.38. The molecule has 0 aliphatic carbocycles. The highest BCUT2D eigenvalue weighted by Gasteiger charge is 2.05. The van der Waals surface area contributed by atoms with Gasteiger partial charge in [0.15, 0.2) is 0 Å². The molecule has 0 saturated carbocycles. The minimum absolute atomic E-state index is 0.148. The predicted octanol–water partition coefficient (Wildman–Crippen LogP) is 2.75. The number of hydrogen-bond donors (Lipinski definition) is 1. The molecular formula is C15H16O3S. The molecule has 0 aromatic heterocycles. The van der Waals surface area contributed by atoms with Gasteiger partial charge in [-0.3, -0.25) is 4.21 Å². The molecule has 0 amide bonds. The van der Waals surface area contributed by atoms with Crippen LogP contribution in [0.25, 0.3) is 0 Å². The summed E-state index contributed by atoms with van der Waals surface area (Å²) in [6.45, 7) is 0. The number of phenols is 1. The molecule has 0 saturated heterocycles. The Morgan fingerprint density at radius 3 is 2.53 bits per heavy atom. The Bertz CT molecular complexity index is 564. The highest BCUT2D eigenvalue weighted by molar-refractivity contribution is 7.85. The van der Waals surface area contributed by atoms with Gasteiger partial charge in [0, 0.05) is 10.6 Å². The number of aryl methyl sites for hydroxylation is 1. The molecule has 0 heterocycles. The van der Waals surface area contributed by atoms with Crippen LogP contribution in [-0.2, 0) is 17.2 Å². The van der Waals surface area contributed by atoms with Gasteiger partial charge in [-0.25, -0.2) is 0 Å². The summed E-state index contributed by atoms with van der Waals surface area (Å²) in [4.78, 5) is 0.661. The van der Waals surface area contributed by atoms with Crippen molar-refractivity contribution in [1.82, 2.24) is 0 Å². The third-order valence-electron chi connectivity index (χ3n) is 2.82. The van der Waals surface area contributed by atoms with E-state index >= 15 is 0 Å². The van der Waals surface area contributed by atoms with Crippen LogP contribution in [0.15, 0.2) is 53.4 Å². The van der Waals surface area contributed by atoms with Crippen molar-refractivity contribution in [3.8, 4) is 11.5 Å². The van der Waals surface area contributed by atoms with E-state index in [2.05, 4.69) is 0 Å². The number of phenolic OH excluding ortho intramolecular Hbond substituents is 1. The van der Waals surface area contributed by atoms with Gasteiger partial charge in [0.05, 0.1) is 17.9 Å². The number of rotatable bonds is 5. The summed E-state index contributed by atoms with van der Waals surface area (Å²) in [5.74, 6) is 1.50. The lowest BCUT2D eigenvalue weighted by Crippen LogP contribution is -2.01. The smallest absolute Gasteiger partial charge is 0.118 e. The molecule has 0 aliphatic rings. The first-order valence-corrected chi connectivity index (χ1v) is 7.31. The largest absolute Gasteiger partial charge is 0.508 e. The van der Waals surface area contributed by atoms with Crippen LogP contribution in [-0.4, -0.2) is 22.2 Å². The summed E-state index contributed by atoms with van der Waals surface area (Å²) in [5.41, 5.74) is 1.12. The van der Waals surface area contributed by atoms with Crippen molar-refractivity contribution in [3.05, 3.63) is 54.1 Å². The summed E-state index contributed by atoms with van der Waals surface area (Å²) >= 11 is 0.